The van der Waals surface area contributed by atoms with Gasteiger partial charge in [0.1, 0.15) is 5.82 Å². The normalized spacial score (nSPS) is 14.7. The molecular weight excluding hydrogens is 400 g/mol. The van der Waals surface area contributed by atoms with Crippen molar-refractivity contribution in [1.82, 2.24) is 9.78 Å². The number of amides is 2. The average Bonchev–Trinajstić information content (AvgIpc) is 3.34. The van der Waals surface area contributed by atoms with Gasteiger partial charge in [0.25, 0.3) is 5.91 Å². The molecule has 0 bridgehead atoms. The second-order valence-corrected chi connectivity index (χ2v) is 7.63. The highest BCUT2D eigenvalue weighted by molar-refractivity contribution is 6.05. The second-order valence-electron chi connectivity index (χ2n) is 7.63. The number of fused-ring (bicyclic) bond motifs is 2. The van der Waals surface area contributed by atoms with Crippen molar-refractivity contribution in [2.24, 2.45) is 0 Å². The lowest BCUT2D eigenvalue weighted by molar-refractivity contribution is -0.118. The zero-order valence-corrected chi connectivity index (χ0v) is 17.5. The van der Waals surface area contributed by atoms with Crippen molar-refractivity contribution < 1.29 is 9.59 Å². The number of hydrogen-bond acceptors (Lipinski definition) is 3. The highest BCUT2D eigenvalue weighted by atomic mass is 35.5. The van der Waals surface area contributed by atoms with Crippen LogP contribution in [0.3, 0.4) is 0 Å². The van der Waals surface area contributed by atoms with Crippen LogP contribution < -0.4 is 10.2 Å². The molecule has 30 heavy (non-hydrogen) atoms. The molecule has 2 heterocycles. The summed E-state index contributed by atoms with van der Waals surface area (Å²) >= 11 is 0. The van der Waals surface area contributed by atoms with Crippen molar-refractivity contribution in [3.05, 3.63) is 70.9 Å². The summed E-state index contributed by atoms with van der Waals surface area (Å²) in [7, 11) is 1.78. The molecule has 0 saturated heterocycles. The molecule has 0 fully saturated rings. The zero-order valence-electron chi connectivity index (χ0n) is 16.7. The molecule has 7 heteroatoms. The highest BCUT2D eigenvalue weighted by Gasteiger charge is 2.26. The van der Waals surface area contributed by atoms with Crippen LogP contribution in [-0.2, 0) is 24.1 Å². The van der Waals surface area contributed by atoms with E-state index in [1.54, 1.807) is 18.0 Å². The number of halogens is 1. The Morgan fingerprint density at radius 2 is 1.83 bits per heavy atom. The fourth-order valence-electron chi connectivity index (χ4n) is 4.25. The molecule has 1 aliphatic carbocycles. The predicted octanol–water partition coefficient (Wildman–Crippen LogP) is 3.94. The first-order valence-electron chi connectivity index (χ1n) is 9.99. The number of carbonyl (C=O) groups excluding carboxylic acids is 2. The van der Waals surface area contributed by atoms with Crippen LogP contribution in [0.4, 0.5) is 11.5 Å². The minimum absolute atomic E-state index is 0. The first kappa shape index (κ1) is 20.2. The van der Waals surface area contributed by atoms with Gasteiger partial charge in [0.2, 0.25) is 5.91 Å². The molecule has 0 spiro atoms. The number of benzene rings is 2. The summed E-state index contributed by atoms with van der Waals surface area (Å²) in [6.07, 6.45) is 4.07. The first-order valence-corrected chi connectivity index (χ1v) is 9.99. The summed E-state index contributed by atoms with van der Waals surface area (Å²) in [5.74, 6) is 0.717. The third-order valence-corrected chi connectivity index (χ3v) is 5.83. The quantitative estimate of drug-likeness (QED) is 0.695. The topological polar surface area (TPSA) is 67.2 Å². The Bertz CT molecular complexity index is 1120. The summed E-state index contributed by atoms with van der Waals surface area (Å²) in [4.78, 5) is 26.7. The smallest absolute Gasteiger partial charge is 0.256 e. The first-order chi connectivity index (χ1) is 14.1. The molecule has 0 radical (unpaired) electrons. The standard InChI is InChI=1S/C23H22N4O2.ClH/c1-26-20-12-10-16(14-15(20)11-13-21(26)28)23(29)24-22-18-8-5-9-19(18)25-27(22)17-6-3-2-4-7-17;/h2-4,6-7,10,12,14H,5,8-9,11,13H2,1H3,(H,24,29);1H. The molecule has 0 unspecified atom stereocenters. The Morgan fingerprint density at radius 3 is 2.63 bits per heavy atom. The number of aromatic nitrogens is 2. The summed E-state index contributed by atoms with van der Waals surface area (Å²) in [5.41, 5.74) is 5.64. The van der Waals surface area contributed by atoms with E-state index in [9.17, 15) is 9.59 Å². The van der Waals surface area contributed by atoms with Gasteiger partial charge >= 0.3 is 0 Å². The molecule has 154 valence electrons. The van der Waals surface area contributed by atoms with Crippen LogP contribution in [0.15, 0.2) is 48.5 Å². The average molecular weight is 423 g/mol. The van der Waals surface area contributed by atoms with Crippen molar-refractivity contribution in [2.45, 2.75) is 32.1 Å². The van der Waals surface area contributed by atoms with Crippen molar-refractivity contribution in [3.63, 3.8) is 0 Å². The van der Waals surface area contributed by atoms with Crippen molar-refractivity contribution in [2.75, 3.05) is 17.3 Å². The van der Waals surface area contributed by atoms with Gasteiger partial charge < -0.3 is 10.2 Å². The van der Waals surface area contributed by atoms with Crippen molar-refractivity contribution in [1.29, 1.82) is 0 Å². The third kappa shape index (κ3) is 3.37. The van der Waals surface area contributed by atoms with E-state index in [1.165, 1.54) is 0 Å². The fourth-order valence-corrected chi connectivity index (χ4v) is 4.25. The van der Waals surface area contributed by atoms with Gasteiger partial charge in [0.05, 0.1) is 11.4 Å². The van der Waals surface area contributed by atoms with Gasteiger partial charge in [0.15, 0.2) is 0 Å². The molecule has 1 aromatic heterocycles. The van der Waals surface area contributed by atoms with Gasteiger partial charge in [-0.15, -0.1) is 12.4 Å². The van der Waals surface area contributed by atoms with E-state index in [-0.39, 0.29) is 24.2 Å². The minimum Gasteiger partial charge on any atom is -0.315 e. The molecule has 2 aliphatic rings. The molecule has 5 rings (SSSR count). The lowest BCUT2D eigenvalue weighted by Gasteiger charge is -2.26. The SMILES string of the molecule is CN1C(=O)CCc2cc(C(=O)Nc3c4c(nn3-c3ccccc3)CCC4)ccc21.Cl. The molecule has 1 N–H and O–H groups in total. The van der Waals surface area contributed by atoms with Crippen LogP contribution in [0.2, 0.25) is 0 Å². The molecule has 3 aromatic rings. The number of aryl methyl sites for hydroxylation is 2. The minimum atomic E-state index is -0.154. The third-order valence-electron chi connectivity index (χ3n) is 5.83. The summed E-state index contributed by atoms with van der Waals surface area (Å²) < 4.78 is 1.84. The molecular formula is C23H23ClN4O2. The monoisotopic (exact) mass is 422 g/mol. The van der Waals surface area contributed by atoms with E-state index >= 15 is 0 Å². The van der Waals surface area contributed by atoms with Crippen LogP contribution in [-0.4, -0.2) is 28.6 Å². The number of nitrogens with zero attached hydrogens (tertiary/aromatic N) is 3. The van der Waals surface area contributed by atoms with E-state index in [4.69, 9.17) is 5.10 Å². The zero-order chi connectivity index (χ0) is 20.0. The molecule has 2 aromatic carbocycles. The highest BCUT2D eigenvalue weighted by Crippen LogP contribution is 2.32. The number of anilines is 2. The Labute approximate surface area is 181 Å². The number of nitrogens with one attached hydrogen (secondary N) is 1. The van der Waals surface area contributed by atoms with E-state index in [2.05, 4.69) is 5.32 Å². The van der Waals surface area contributed by atoms with Crippen LogP contribution >= 0.6 is 12.4 Å². The van der Waals surface area contributed by atoms with Gasteiger partial charge in [-0.1, -0.05) is 18.2 Å². The molecule has 0 saturated carbocycles. The lowest BCUT2D eigenvalue weighted by Crippen LogP contribution is -2.31. The molecule has 0 atom stereocenters. The number of rotatable bonds is 3. The van der Waals surface area contributed by atoms with E-state index in [1.807, 2.05) is 47.1 Å². The predicted molar refractivity (Wildman–Crippen MR) is 119 cm³/mol. The molecule has 6 nitrogen and oxygen atoms in total. The van der Waals surface area contributed by atoms with Crippen LogP contribution in [0, 0.1) is 0 Å². The van der Waals surface area contributed by atoms with Crippen LogP contribution in [0.1, 0.15) is 40.0 Å². The molecule has 2 amide bonds. The number of hydrogen-bond donors (Lipinski definition) is 1. The maximum atomic E-state index is 13.1. The Balaban J connectivity index is 0.00000218. The summed E-state index contributed by atoms with van der Waals surface area (Å²) in [6, 6.07) is 15.4. The van der Waals surface area contributed by atoms with Crippen LogP contribution in [0.25, 0.3) is 5.69 Å². The van der Waals surface area contributed by atoms with Crippen molar-refractivity contribution >= 4 is 35.7 Å². The summed E-state index contributed by atoms with van der Waals surface area (Å²) in [6.45, 7) is 0. The van der Waals surface area contributed by atoms with Gasteiger partial charge in [-0.05, 0) is 61.6 Å². The maximum Gasteiger partial charge on any atom is 0.256 e. The number of para-hydroxylation sites is 1. The Kier molecular flexibility index (Phi) is 5.35. The lowest BCUT2D eigenvalue weighted by atomic mass is 9.99. The number of carbonyl (C=O) groups is 2. The molecule has 1 aliphatic heterocycles. The van der Waals surface area contributed by atoms with E-state index < -0.39 is 0 Å². The van der Waals surface area contributed by atoms with Gasteiger partial charge in [-0.3, -0.25) is 9.59 Å². The van der Waals surface area contributed by atoms with E-state index in [0.29, 0.717) is 18.4 Å². The Morgan fingerprint density at radius 1 is 1.03 bits per heavy atom. The largest absolute Gasteiger partial charge is 0.315 e. The van der Waals surface area contributed by atoms with Crippen LogP contribution in [0.5, 0.6) is 0 Å². The van der Waals surface area contributed by atoms with Gasteiger partial charge in [-0.2, -0.15) is 5.10 Å². The Hall–Kier alpha value is -3.12. The fraction of sp³-hybridized carbons (Fsp3) is 0.261. The second kappa shape index (κ2) is 7.95. The van der Waals surface area contributed by atoms with Crippen molar-refractivity contribution in [3.8, 4) is 5.69 Å². The van der Waals surface area contributed by atoms with Gasteiger partial charge in [-0.25, -0.2) is 4.68 Å². The van der Waals surface area contributed by atoms with Gasteiger partial charge in [0, 0.05) is 30.3 Å². The maximum absolute atomic E-state index is 13.1. The van der Waals surface area contributed by atoms with E-state index in [0.717, 1.165) is 53.3 Å². The summed E-state index contributed by atoms with van der Waals surface area (Å²) in [5, 5.41) is 7.87.